The number of hydrogen-bond acceptors (Lipinski definition) is 4. The minimum Gasteiger partial charge on any atom is -0.489 e. The molecule has 1 atom stereocenters. The lowest BCUT2D eigenvalue weighted by molar-refractivity contribution is -0.138. The molecule has 0 aromatic heterocycles. The predicted octanol–water partition coefficient (Wildman–Crippen LogP) is 5.22. The van der Waals surface area contributed by atoms with Gasteiger partial charge in [0.25, 0.3) is 0 Å². The molecule has 0 spiro atoms. The third-order valence-electron chi connectivity index (χ3n) is 4.74. The highest BCUT2D eigenvalue weighted by molar-refractivity contribution is 5.80. The van der Waals surface area contributed by atoms with E-state index in [1.54, 1.807) is 36.4 Å². The summed E-state index contributed by atoms with van der Waals surface area (Å²) in [4.78, 5) is 12.1. The number of nitriles is 1. The molecule has 0 radical (unpaired) electrons. The molecule has 3 rings (SSSR count). The molecule has 0 amide bonds. The van der Waals surface area contributed by atoms with E-state index in [0.717, 1.165) is 17.7 Å². The molecule has 3 aromatic carbocycles. The Morgan fingerprint density at radius 1 is 1.06 bits per heavy atom. The minimum atomic E-state index is -1.13. The second-order valence-electron chi connectivity index (χ2n) is 6.87. The van der Waals surface area contributed by atoms with E-state index in [1.165, 1.54) is 6.07 Å². The Morgan fingerprint density at radius 2 is 1.77 bits per heavy atom. The lowest BCUT2D eigenvalue weighted by Gasteiger charge is -2.21. The van der Waals surface area contributed by atoms with E-state index in [0.29, 0.717) is 34.5 Å². The number of carboxylic acids is 1. The molecule has 0 heterocycles. The van der Waals surface area contributed by atoms with Crippen LogP contribution in [0.3, 0.4) is 0 Å². The number of nitrogens with one attached hydrogen (secondary N) is 1. The fourth-order valence-electron chi connectivity index (χ4n) is 3.05. The molecule has 0 bridgehead atoms. The molecular weight excluding hydrogens is 402 g/mol. The molecule has 2 N–H and O–H groups in total. The van der Waals surface area contributed by atoms with E-state index in [2.05, 4.69) is 5.32 Å². The number of carbonyl (C=O) groups is 1. The molecule has 158 valence electrons. The molecule has 0 saturated heterocycles. The average molecular weight is 422 g/mol. The van der Waals surface area contributed by atoms with Crippen molar-refractivity contribution in [3.63, 3.8) is 0 Å². The van der Waals surface area contributed by atoms with Crippen LogP contribution in [0, 0.1) is 23.0 Å². The fourth-order valence-corrected chi connectivity index (χ4v) is 3.05. The van der Waals surface area contributed by atoms with Gasteiger partial charge in [0.05, 0.1) is 11.6 Å². The number of aliphatic carboxylic acids is 1. The van der Waals surface area contributed by atoms with Gasteiger partial charge in [-0.3, -0.25) is 0 Å². The molecule has 31 heavy (non-hydrogen) atoms. The van der Waals surface area contributed by atoms with Crippen LogP contribution < -0.4 is 10.1 Å². The number of rotatable bonds is 8. The molecular formula is C24H20F2N2O3. The van der Waals surface area contributed by atoms with Crippen molar-refractivity contribution in [2.24, 2.45) is 0 Å². The first-order valence-corrected chi connectivity index (χ1v) is 9.60. The topological polar surface area (TPSA) is 82.3 Å². The van der Waals surface area contributed by atoms with Crippen molar-refractivity contribution in [3.05, 3.63) is 94.6 Å². The van der Waals surface area contributed by atoms with E-state index in [-0.39, 0.29) is 6.61 Å². The summed E-state index contributed by atoms with van der Waals surface area (Å²) >= 11 is 0. The fraction of sp³-hybridized carbons (Fsp3) is 0.167. The zero-order valence-corrected chi connectivity index (χ0v) is 16.7. The Kier molecular flexibility index (Phi) is 6.83. The number of benzene rings is 3. The summed E-state index contributed by atoms with van der Waals surface area (Å²) < 4.78 is 32.4. The second-order valence-corrected chi connectivity index (χ2v) is 6.87. The van der Waals surface area contributed by atoms with Crippen molar-refractivity contribution in [2.75, 3.05) is 5.32 Å². The van der Waals surface area contributed by atoms with Crippen molar-refractivity contribution in [3.8, 4) is 11.8 Å². The number of nitrogens with zero attached hydrogens (tertiary/aromatic N) is 1. The van der Waals surface area contributed by atoms with Crippen LogP contribution in [0.15, 0.2) is 60.7 Å². The average Bonchev–Trinajstić information content (AvgIpc) is 2.78. The molecule has 0 aliphatic heterocycles. The maximum atomic E-state index is 13.5. The number of ether oxygens (including phenoxy) is 1. The van der Waals surface area contributed by atoms with Crippen LogP contribution in [0.5, 0.6) is 5.75 Å². The maximum absolute atomic E-state index is 13.5. The van der Waals surface area contributed by atoms with Gasteiger partial charge in [0.1, 0.15) is 12.4 Å². The van der Waals surface area contributed by atoms with Crippen LogP contribution in [0.4, 0.5) is 14.5 Å². The third-order valence-corrected chi connectivity index (χ3v) is 4.74. The largest absolute Gasteiger partial charge is 0.489 e. The van der Waals surface area contributed by atoms with Gasteiger partial charge in [-0.05, 0) is 66.1 Å². The summed E-state index contributed by atoms with van der Waals surface area (Å²) in [6.07, 6.45) is 0.694. The first kappa shape index (κ1) is 21.8. The van der Waals surface area contributed by atoms with Gasteiger partial charge in [0.15, 0.2) is 17.7 Å². The van der Waals surface area contributed by atoms with Crippen LogP contribution in [-0.2, 0) is 17.8 Å². The summed E-state index contributed by atoms with van der Waals surface area (Å²) in [6.45, 7) is 1.89. The first-order chi connectivity index (χ1) is 14.9. The van der Waals surface area contributed by atoms with Crippen LogP contribution in [-0.4, -0.2) is 11.1 Å². The van der Waals surface area contributed by atoms with E-state index in [1.807, 2.05) is 19.1 Å². The number of halogens is 2. The molecule has 7 heteroatoms. The van der Waals surface area contributed by atoms with Gasteiger partial charge in [-0.15, -0.1) is 0 Å². The highest BCUT2D eigenvalue weighted by atomic mass is 19.2. The zero-order chi connectivity index (χ0) is 22.4. The summed E-state index contributed by atoms with van der Waals surface area (Å²) in [5, 5.41) is 21.8. The molecule has 0 aliphatic carbocycles. The summed E-state index contributed by atoms with van der Waals surface area (Å²) in [5.74, 6) is -2.73. The summed E-state index contributed by atoms with van der Waals surface area (Å²) in [5.41, 5.74) is 2.72. The second kappa shape index (κ2) is 9.72. The van der Waals surface area contributed by atoms with Crippen molar-refractivity contribution in [1.82, 2.24) is 0 Å². The van der Waals surface area contributed by atoms with Crippen LogP contribution >= 0.6 is 0 Å². The highest BCUT2D eigenvalue weighted by Gasteiger charge is 2.24. The van der Waals surface area contributed by atoms with Gasteiger partial charge >= 0.3 is 5.97 Å². The van der Waals surface area contributed by atoms with E-state index >= 15 is 0 Å². The lowest BCUT2D eigenvalue weighted by atomic mass is 10.0. The van der Waals surface area contributed by atoms with Gasteiger partial charge in [-0.1, -0.05) is 19.1 Å². The highest BCUT2D eigenvalue weighted by Crippen LogP contribution is 2.31. The summed E-state index contributed by atoms with van der Waals surface area (Å²) in [7, 11) is 0. The number of anilines is 1. The molecule has 3 aromatic rings. The number of carboxylic acid groups (broad SMARTS) is 1. The van der Waals surface area contributed by atoms with Gasteiger partial charge in [0, 0.05) is 11.3 Å². The smallest absolute Gasteiger partial charge is 0.330 e. The lowest BCUT2D eigenvalue weighted by Crippen LogP contribution is -2.21. The maximum Gasteiger partial charge on any atom is 0.330 e. The summed E-state index contributed by atoms with van der Waals surface area (Å²) in [6, 6.07) is 16.0. The molecule has 0 aliphatic rings. The number of hydrogen-bond donors (Lipinski definition) is 2. The Balaban J connectivity index is 1.90. The van der Waals surface area contributed by atoms with Crippen molar-refractivity contribution in [1.29, 1.82) is 5.26 Å². The normalized spacial score (nSPS) is 11.4. The first-order valence-electron chi connectivity index (χ1n) is 9.60. The van der Waals surface area contributed by atoms with E-state index in [9.17, 15) is 18.7 Å². The molecule has 0 unspecified atom stereocenters. The van der Waals surface area contributed by atoms with Crippen LogP contribution in [0.25, 0.3) is 0 Å². The molecule has 0 fully saturated rings. The van der Waals surface area contributed by atoms with Gasteiger partial charge in [0.2, 0.25) is 0 Å². The standard InChI is InChI=1S/C24H20F2N2O3/c1-2-15-6-10-22(31-14-17-5-9-20(25)21(26)12-17)19(11-15)23(24(29)30)28-18-7-3-16(13-27)4-8-18/h3-12,23,28H,2,14H2,1H3,(H,29,30)/t23-/m1/s1. The van der Waals surface area contributed by atoms with Crippen molar-refractivity contribution >= 4 is 11.7 Å². The van der Waals surface area contributed by atoms with E-state index < -0.39 is 23.6 Å². The Hall–Kier alpha value is -3.92. The monoisotopic (exact) mass is 422 g/mol. The quantitative estimate of drug-likeness (QED) is 0.520. The van der Waals surface area contributed by atoms with Gasteiger partial charge in [-0.25, -0.2) is 13.6 Å². The Labute approximate surface area is 178 Å². The van der Waals surface area contributed by atoms with Crippen molar-refractivity contribution < 1.29 is 23.4 Å². The van der Waals surface area contributed by atoms with Gasteiger partial charge in [-0.2, -0.15) is 5.26 Å². The van der Waals surface area contributed by atoms with Gasteiger partial charge < -0.3 is 15.2 Å². The van der Waals surface area contributed by atoms with Crippen LogP contribution in [0.1, 0.15) is 35.2 Å². The zero-order valence-electron chi connectivity index (χ0n) is 16.7. The molecule has 5 nitrogen and oxygen atoms in total. The predicted molar refractivity (Wildman–Crippen MR) is 112 cm³/mol. The van der Waals surface area contributed by atoms with Crippen molar-refractivity contribution in [2.45, 2.75) is 26.0 Å². The number of aryl methyl sites for hydroxylation is 1. The Bertz CT molecular complexity index is 1120. The van der Waals surface area contributed by atoms with E-state index in [4.69, 9.17) is 10.00 Å². The SMILES string of the molecule is CCc1ccc(OCc2ccc(F)c(F)c2)c([C@@H](Nc2ccc(C#N)cc2)C(=O)O)c1. The third kappa shape index (κ3) is 5.37. The van der Waals surface area contributed by atoms with Crippen LogP contribution in [0.2, 0.25) is 0 Å². The minimum absolute atomic E-state index is 0.0567. The Morgan fingerprint density at radius 3 is 2.39 bits per heavy atom. The molecule has 0 saturated carbocycles.